The number of benzene rings is 2. The lowest BCUT2D eigenvalue weighted by Crippen LogP contribution is -2.50. The number of nitrogens with zero attached hydrogens (tertiary/aromatic N) is 3. The molecule has 0 N–H and O–H groups in total. The Morgan fingerprint density at radius 2 is 1.50 bits per heavy atom. The number of piperazine rings is 1. The molecule has 1 aliphatic heterocycles. The lowest BCUT2D eigenvalue weighted by atomic mass is 10.0. The van der Waals surface area contributed by atoms with Gasteiger partial charge in [-0.25, -0.2) is 9.78 Å². The average molecular weight is 460 g/mol. The average Bonchev–Trinajstić information content (AvgIpc) is 2.90. The number of carbonyl (C=O) groups is 2. The summed E-state index contributed by atoms with van der Waals surface area (Å²) in [5.41, 5.74) is 2.47. The van der Waals surface area contributed by atoms with Crippen LogP contribution in [-0.2, 0) is 14.3 Å². The summed E-state index contributed by atoms with van der Waals surface area (Å²) >= 11 is 0. The monoisotopic (exact) mass is 459 g/mol. The molecule has 176 valence electrons. The summed E-state index contributed by atoms with van der Waals surface area (Å²) < 4.78 is 11.1. The second kappa shape index (κ2) is 11.4. The van der Waals surface area contributed by atoms with E-state index in [2.05, 4.69) is 9.88 Å². The van der Waals surface area contributed by atoms with Gasteiger partial charge >= 0.3 is 5.97 Å². The molecule has 2 aromatic carbocycles. The fourth-order valence-electron chi connectivity index (χ4n) is 3.98. The first-order valence-corrected chi connectivity index (χ1v) is 11.5. The summed E-state index contributed by atoms with van der Waals surface area (Å²) in [5.74, 6) is 0.382. The SMILES string of the molecule is CCOC(=O)c1ccc(N2CCN(C(=O)COC(c3ccccc3)c3ccccc3)CC2)nc1. The molecular formula is C27H29N3O4. The van der Waals surface area contributed by atoms with E-state index >= 15 is 0 Å². The number of amides is 1. The van der Waals surface area contributed by atoms with E-state index in [-0.39, 0.29) is 24.6 Å². The Bertz CT molecular complexity index is 1030. The van der Waals surface area contributed by atoms with Crippen LogP contribution in [0.1, 0.15) is 34.5 Å². The van der Waals surface area contributed by atoms with Gasteiger partial charge in [-0.15, -0.1) is 0 Å². The molecule has 0 bridgehead atoms. The quantitative estimate of drug-likeness (QED) is 0.478. The highest BCUT2D eigenvalue weighted by atomic mass is 16.5. The van der Waals surface area contributed by atoms with Gasteiger partial charge in [-0.1, -0.05) is 60.7 Å². The van der Waals surface area contributed by atoms with E-state index in [1.54, 1.807) is 13.0 Å². The van der Waals surface area contributed by atoms with Gasteiger partial charge in [0.25, 0.3) is 0 Å². The van der Waals surface area contributed by atoms with Gasteiger partial charge in [0.05, 0.1) is 12.2 Å². The molecule has 1 fully saturated rings. The lowest BCUT2D eigenvalue weighted by Gasteiger charge is -2.35. The van der Waals surface area contributed by atoms with Crippen LogP contribution in [0.4, 0.5) is 5.82 Å². The fourth-order valence-corrected chi connectivity index (χ4v) is 3.98. The van der Waals surface area contributed by atoms with Crippen molar-refractivity contribution in [2.24, 2.45) is 0 Å². The third-order valence-corrected chi connectivity index (χ3v) is 5.79. The van der Waals surface area contributed by atoms with Crippen molar-refractivity contribution in [1.82, 2.24) is 9.88 Å². The summed E-state index contributed by atoms with van der Waals surface area (Å²) in [6, 6.07) is 23.4. The summed E-state index contributed by atoms with van der Waals surface area (Å²) in [4.78, 5) is 33.1. The minimum absolute atomic E-state index is 0.0148. The molecule has 34 heavy (non-hydrogen) atoms. The van der Waals surface area contributed by atoms with E-state index in [1.807, 2.05) is 71.6 Å². The largest absolute Gasteiger partial charge is 0.462 e. The highest BCUT2D eigenvalue weighted by Gasteiger charge is 2.24. The summed E-state index contributed by atoms with van der Waals surface area (Å²) in [6.07, 6.45) is 1.24. The minimum atomic E-state index is -0.374. The molecule has 0 aliphatic carbocycles. The van der Waals surface area contributed by atoms with E-state index in [4.69, 9.17) is 9.47 Å². The van der Waals surface area contributed by atoms with Crippen molar-refractivity contribution in [3.63, 3.8) is 0 Å². The summed E-state index contributed by atoms with van der Waals surface area (Å²) in [6.45, 7) is 4.62. The van der Waals surface area contributed by atoms with E-state index < -0.39 is 0 Å². The number of aromatic nitrogens is 1. The molecule has 2 heterocycles. The van der Waals surface area contributed by atoms with Crippen LogP contribution in [0.15, 0.2) is 79.0 Å². The maximum atomic E-state index is 12.9. The molecule has 1 saturated heterocycles. The molecule has 0 radical (unpaired) electrons. The van der Waals surface area contributed by atoms with E-state index in [1.165, 1.54) is 6.20 Å². The molecule has 0 unspecified atom stereocenters. The minimum Gasteiger partial charge on any atom is -0.462 e. The zero-order chi connectivity index (χ0) is 23.8. The third kappa shape index (κ3) is 5.80. The van der Waals surface area contributed by atoms with Crippen LogP contribution in [0.25, 0.3) is 0 Å². The van der Waals surface area contributed by atoms with Crippen molar-refractivity contribution < 1.29 is 19.1 Å². The van der Waals surface area contributed by atoms with Crippen molar-refractivity contribution in [2.75, 3.05) is 44.3 Å². The molecule has 7 heteroatoms. The lowest BCUT2D eigenvalue weighted by molar-refractivity contribution is -0.137. The van der Waals surface area contributed by atoms with Gasteiger partial charge in [-0.3, -0.25) is 4.79 Å². The molecule has 4 rings (SSSR count). The second-order valence-corrected chi connectivity index (χ2v) is 8.01. The van der Waals surface area contributed by atoms with Gasteiger partial charge in [0.15, 0.2) is 0 Å². The Morgan fingerprint density at radius 1 is 0.882 bits per heavy atom. The molecule has 1 amide bonds. The first-order valence-electron chi connectivity index (χ1n) is 11.5. The molecule has 3 aromatic rings. The Hall–Kier alpha value is -3.71. The number of esters is 1. The van der Waals surface area contributed by atoms with Gasteiger partial charge in [0, 0.05) is 32.4 Å². The molecular weight excluding hydrogens is 430 g/mol. The van der Waals surface area contributed by atoms with E-state index in [0.29, 0.717) is 38.3 Å². The maximum Gasteiger partial charge on any atom is 0.339 e. The topological polar surface area (TPSA) is 72.0 Å². The van der Waals surface area contributed by atoms with Crippen molar-refractivity contribution in [3.05, 3.63) is 95.7 Å². The predicted molar refractivity (Wildman–Crippen MR) is 130 cm³/mol. The van der Waals surface area contributed by atoms with Crippen LogP contribution < -0.4 is 4.90 Å². The van der Waals surface area contributed by atoms with Crippen LogP contribution in [0.3, 0.4) is 0 Å². The number of rotatable bonds is 8. The van der Waals surface area contributed by atoms with E-state index in [9.17, 15) is 9.59 Å². The van der Waals surface area contributed by atoms with Crippen molar-refractivity contribution in [3.8, 4) is 0 Å². The van der Waals surface area contributed by atoms with E-state index in [0.717, 1.165) is 16.9 Å². The van der Waals surface area contributed by atoms with Crippen LogP contribution in [-0.4, -0.2) is 61.2 Å². The summed E-state index contributed by atoms with van der Waals surface area (Å²) in [5, 5.41) is 0. The maximum absolute atomic E-state index is 12.9. The summed E-state index contributed by atoms with van der Waals surface area (Å²) in [7, 11) is 0. The predicted octanol–water partition coefficient (Wildman–Crippen LogP) is 3.71. The molecule has 1 aliphatic rings. The number of carbonyl (C=O) groups excluding carboxylic acids is 2. The Labute approximate surface area is 199 Å². The van der Waals surface area contributed by atoms with Gasteiger partial charge < -0.3 is 19.3 Å². The smallest absolute Gasteiger partial charge is 0.339 e. The fraction of sp³-hybridized carbons (Fsp3) is 0.296. The highest BCUT2D eigenvalue weighted by Crippen LogP contribution is 2.26. The van der Waals surface area contributed by atoms with Crippen LogP contribution in [0, 0.1) is 0 Å². The molecule has 7 nitrogen and oxygen atoms in total. The molecule has 0 spiro atoms. The van der Waals surface area contributed by atoms with Gasteiger partial charge in [0.1, 0.15) is 18.5 Å². The Morgan fingerprint density at radius 3 is 2.03 bits per heavy atom. The van der Waals surface area contributed by atoms with Gasteiger partial charge in [0.2, 0.25) is 5.91 Å². The zero-order valence-electron chi connectivity index (χ0n) is 19.3. The molecule has 0 saturated carbocycles. The number of hydrogen-bond donors (Lipinski definition) is 0. The number of hydrogen-bond acceptors (Lipinski definition) is 6. The van der Waals surface area contributed by atoms with Crippen LogP contribution in [0.2, 0.25) is 0 Å². The number of ether oxygens (including phenoxy) is 2. The second-order valence-electron chi connectivity index (χ2n) is 8.01. The van der Waals surface area contributed by atoms with Crippen molar-refractivity contribution in [2.45, 2.75) is 13.0 Å². The van der Waals surface area contributed by atoms with Gasteiger partial charge in [-0.2, -0.15) is 0 Å². The normalized spacial score (nSPS) is 13.7. The third-order valence-electron chi connectivity index (χ3n) is 5.79. The Kier molecular flexibility index (Phi) is 7.88. The van der Waals surface area contributed by atoms with Gasteiger partial charge in [-0.05, 0) is 30.2 Å². The van der Waals surface area contributed by atoms with Crippen LogP contribution >= 0.6 is 0 Å². The number of anilines is 1. The molecule has 0 atom stereocenters. The highest BCUT2D eigenvalue weighted by molar-refractivity contribution is 5.89. The standard InChI is InChI=1S/C27H29N3O4/c1-2-33-27(32)23-13-14-24(28-19-23)29-15-17-30(18-16-29)25(31)20-34-26(21-9-5-3-6-10-21)22-11-7-4-8-12-22/h3-14,19,26H,2,15-18,20H2,1H3. The van der Waals surface area contributed by atoms with Crippen molar-refractivity contribution in [1.29, 1.82) is 0 Å². The Balaban J connectivity index is 1.32. The first-order chi connectivity index (χ1) is 16.7. The van der Waals surface area contributed by atoms with Crippen LogP contribution in [0.5, 0.6) is 0 Å². The zero-order valence-corrected chi connectivity index (χ0v) is 19.3. The molecule has 1 aromatic heterocycles. The van der Waals surface area contributed by atoms with Crippen molar-refractivity contribution >= 4 is 17.7 Å². The number of pyridine rings is 1. The first kappa shape index (κ1) is 23.4.